The van der Waals surface area contributed by atoms with E-state index in [1.807, 2.05) is 6.07 Å². The first kappa shape index (κ1) is 13.0. The van der Waals surface area contributed by atoms with Crippen molar-refractivity contribution in [3.63, 3.8) is 0 Å². The molecule has 98 valence electrons. The van der Waals surface area contributed by atoms with E-state index >= 15 is 0 Å². The minimum atomic E-state index is -0.393. The van der Waals surface area contributed by atoms with E-state index < -0.39 is 5.97 Å². The van der Waals surface area contributed by atoms with Crippen LogP contribution in [0, 0.1) is 6.92 Å². The Balaban J connectivity index is 2.46. The van der Waals surface area contributed by atoms with E-state index in [1.54, 1.807) is 25.1 Å². The van der Waals surface area contributed by atoms with Crippen molar-refractivity contribution in [1.82, 2.24) is 5.16 Å². The Hall–Kier alpha value is -2.43. The molecular weight excluding hydrogens is 246 g/mol. The highest BCUT2D eigenvalue weighted by Gasteiger charge is 2.18. The third kappa shape index (κ3) is 2.70. The SMILES string of the molecule is CC(=O)OCc1noc(C)c1-c1ccccc1C=O. The molecule has 0 radical (unpaired) electrons. The van der Waals surface area contributed by atoms with Gasteiger partial charge in [0.1, 0.15) is 18.1 Å². The van der Waals surface area contributed by atoms with Crippen LogP contribution < -0.4 is 0 Å². The molecule has 2 aromatic rings. The van der Waals surface area contributed by atoms with Crippen LogP contribution in [0.1, 0.15) is 28.7 Å². The number of aryl methyl sites for hydroxylation is 1. The van der Waals surface area contributed by atoms with E-state index in [4.69, 9.17) is 9.26 Å². The van der Waals surface area contributed by atoms with Gasteiger partial charge in [-0.1, -0.05) is 29.4 Å². The summed E-state index contributed by atoms with van der Waals surface area (Å²) in [5.41, 5.74) is 2.46. The molecule has 1 aromatic carbocycles. The second kappa shape index (κ2) is 5.48. The maximum atomic E-state index is 11.1. The molecule has 0 aliphatic rings. The Kier molecular flexibility index (Phi) is 3.75. The minimum absolute atomic E-state index is 0.0230. The molecule has 2 rings (SSSR count). The first-order valence-corrected chi connectivity index (χ1v) is 5.76. The van der Waals surface area contributed by atoms with Gasteiger partial charge >= 0.3 is 5.97 Å². The average Bonchev–Trinajstić information content (AvgIpc) is 2.77. The number of carbonyl (C=O) groups is 2. The summed E-state index contributed by atoms with van der Waals surface area (Å²) in [5, 5.41) is 3.87. The molecule has 0 saturated heterocycles. The molecule has 0 bridgehead atoms. The number of aromatic nitrogens is 1. The lowest BCUT2D eigenvalue weighted by molar-refractivity contribution is -0.142. The lowest BCUT2D eigenvalue weighted by atomic mass is 9.99. The number of aldehydes is 1. The van der Waals surface area contributed by atoms with Gasteiger partial charge in [0.15, 0.2) is 6.29 Å². The van der Waals surface area contributed by atoms with Crippen molar-refractivity contribution < 1.29 is 18.8 Å². The molecule has 0 amide bonds. The van der Waals surface area contributed by atoms with Crippen LogP contribution in [0.3, 0.4) is 0 Å². The molecule has 0 unspecified atom stereocenters. The lowest BCUT2D eigenvalue weighted by Gasteiger charge is -2.05. The van der Waals surface area contributed by atoms with Crippen molar-refractivity contribution in [1.29, 1.82) is 0 Å². The van der Waals surface area contributed by atoms with Gasteiger partial charge in [0.05, 0.1) is 5.56 Å². The molecule has 5 nitrogen and oxygen atoms in total. The molecule has 0 saturated carbocycles. The summed E-state index contributed by atoms with van der Waals surface area (Å²) in [5.74, 6) is 0.187. The Labute approximate surface area is 110 Å². The monoisotopic (exact) mass is 259 g/mol. The minimum Gasteiger partial charge on any atom is -0.459 e. The second-order valence-electron chi connectivity index (χ2n) is 4.05. The predicted octanol–water partition coefficient (Wildman–Crippen LogP) is 2.53. The first-order valence-electron chi connectivity index (χ1n) is 5.76. The number of hydrogen-bond donors (Lipinski definition) is 0. The zero-order valence-corrected chi connectivity index (χ0v) is 10.7. The summed E-state index contributed by atoms with van der Waals surface area (Å²) in [6.07, 6.45) is 0.775. The van der Waals surface area contributed by atoms with Gasteiger partial charge in [0.2, 0.25) is 0 Å². The van der Waals surface area contributed by atoms with E-state index in [2.05, 4.69) is 5.16 Å². The van der Waals surface area contributed by atoms with Crippen molar-refractivity contribution in [2.45, 2.75) is 20.5 Å². The van der Waals surface area contributed by atoms with Gasteiger partial charge in [-0.15, -0.1) is 0 Å². The number of ether oxygens (including phenoxy) is 1. The third-order valence-corrected chi connectivity index (χ3v) is 2.70. The molecule has 5 heteroatoms. The van der Waals surface area contributed by atoms with E-state index in [0.29, 0.717) is 22.6 Å². The zero-order valence-electron chi connectivity index (χ0n) is 10.7. The smallest absolute Gasteiger partial charge is 0.303 e. The maximum absolute atomic E-state index is 11.1. The van der Waals surface area contributed by atoms with Gasteiger partial charge in [0, 0.05) is 12.5 Å². The average molecular weight is 259 g/mol. The fraction of sp³-hybridized carbons (Fsp3) is 0.214. The molecule has 0 atom stereocenters. The number of benzene rings is 1. The van der Waals surface area contributed by atoms with E-state index in [1.165, 1.54) is 6.92 Å². The van der Waals surface area contributed by atoms with Gasteiger partial charge in [-0.2, -0.15) is 0 Å². The number of rotatable bonds is 4. The quantitative estimate of drug-likeness (QED) is 0.623. The van der Waals surface area contributed by atoms with Gasteiger partial charge in [-0.25, -0.2) is 0 Å². The third-order valence-electron chi connectivity index (χ3n) is 2.70. The summed E-state index contributed by atoms with van der Waals surface area (Å²) in [6.45, 7) is 3.10. The largest absolute Gasteiger partial charge is 0.459 e. The van der Waals surface area contributed by atoms with Crippen molar-refractivity contribution in [3.8, 4) is 11.1 Å². The fourth-order valence-corrected chi connectivity index (χ4v) is 1.86. The van der Waals surface area contributed by atoms with Crippen LogP contribution in [0.4, 0.5) is 0 Å². The maximum Gasteiger partial charge on any atom is 0.303 e. The van der Waals surface area contributed by atoms with Crippen molar-refractivity contribution in [2.75, 3.05) is 0 Å². The van der Waals surface area contributed by atoms with E-state index in [-0.39, 0.29) is 6.61 Å². The fourth-order valence-electron chi connectivity index (χ4n) is 1.86. The molecule has 1 aromatic heterocycles. The van der Waals surface area contributed by atoms with Crippen LogP contribution in [0.5, 0.6) is 0 Å². The highest BCUT2D eigenvalue weighted by atomic mass is 16.5. The number of esters is 1. The van der Waals surface area contributed by atoms with Crippen LogP contribution in [0.25, 0.3) is 11.1 Å². The molecule has 0 N–H and O–H groups in total. The molecule has 0 spiro atoms. The number of nitrogens with zero attached hydrogens (tertiary/aromatic N) is 1. The molecular formula is C14H13NO4. The molecule has 0 aliphatic heterocycles. The van der Waals surface area contributed by atoms with Crippen LogP contribution in [0.2, 0.25) is 0 Å². The number of hydrogen-bond acceptors (Lipinski definition) is 5. The van der Waals surface area contributed by atoms with Gasteiger partial charge < -0.3 is 9.26 Å². The van der Waals surface area contributed by atoms with Crippen molar-refractivity contribution in [3.05, 3.63) is 41.3 Å². The van der Waals surface area contributed by atoms with Crippen LogP contribution in [-0.2, 0) is 16.1 Å². The van der Waals surface area contributed by atoms with E-state index in [0.717, 1.165) is 11.8 Å². The Morgan fingerprint density at radius 3 is 2.84 bits per heavy atom. The highest BCUT2D eigenvalue weighted by molar-refractivity contribution is 5.88. The van der Waals surface area contributed by atoms with Crippen molar-refractivity contribution >= 4 is 12.3 Å². The second-order valence-corrected chi connectivity index (χ2v) is 4.05. The normalized spacial score (nSPS) is 10.2. The van der Waals surface area contributed by atoms with Crippen LogP contribution in [-0.4, -0.2) is 17.4 Å². The van der Waals surface area contributed by atoms with Gasteiger partial charge in [-0.05, 0) is 12.5 Å². The Morgan fingerprint density at radius 1 is 1.42 bits per heavy atom. The summed E-state index contributed by atoms with van der Waals surface area (Å²) >= 11 is 0. The van der Waals surface area contributed by atoms with Crippen LogP contribution in [0.15, 0.2) is 28.8 Å². The summed E-state index contributed by atoms with van der Waals surface area (Å²) < 4.78 is 10.1. The molecule has 0 fully saturated rings. The number of carbonyl (C=O) groups excluding carboxylic acids is 2. The Bertz CT molecular complexity index is 616. The lowest BCUT2D eigenvalue weighted by Crippen LogP contribution is -2.01. The predicted molar refractivity (Wildman–Crippen MR) is 67.5 cm³/mol. The summed E-state index contributed by atoms with van der Waals surface area (Å²) in [6, 6.07) is 7.12. The molecule has 0 aliphatic carbocycles. The van der Waals surface area contributed by atoms with Crippen molar-refractivity contribution in [2.24, 2.45) is 0 Å². The highest BCUT2D eigenvalue weighted by Crippen LogP contribution is 2.29. The molecule has 19 heavy (non-hydrogen) atoms. The summed E-state index contributed by atoms with van der Waals surface area (Å²) in [7, 11) is 0. The molecule has 1 heterocycles. The first-order chi connectivity index (χ1) is 9.13. The van der Waals surface area contributed by atoms with Gasteiger partial charge in [-0.3, -0.25) is 9.59 Å². The van der Waals surface area contributed by atoms with Crippen LogP contribution >= 0.6 is 0 Å². The summed E-state index contributed by atoms with van der Waals surface area (Å²) in [4.78, 5) is 21.9. The van der Waals surface area contributed by atoms with E-state index in [9.17, 15) is 9.59 Å². The standard InChI is InChI=1S/C14H13NO4/c1-9-14(12-6-4-3-5-11(12)7-16)13(15-19-9)8-18-10(2)17/h3-7H,8H2,1-2H3. The Morgan fingerprint density at radius 2 is 2.16 bits per heavy atom. The topological polar surface area (TPSA) is 69.4 Å². The van der Waals surface area contributed by atoms with Gasteiger partial charge in [0.25, 0.3) is 0 Å². The zero-order chi connectivity index (χ0) is 13.8.